The van der Waals surface area contributed by atoms with E-state index >= 15 is 0 Å². The minimum absolute atomic E-state index is 0.0230. The standard InChI is InChI=1S/C12H15N3O2/c1-14-12(16)5-6-15-10-4-3-9(8-13)7-11(10)17-2/h3-4,7,15H,5-6H2,1-2H3,(H,14,16). The van der Waals surface area contributed by atoms with Crippen LogP contribution in [0.4, 0.5) is 5.69 Å². The van der Waals surface area contributed by atoms with E-state index in [0.29, 0.717) is 24.3 Å². The molecular formula is C12H15N3O2. The second-order valence-corrected chi connectivity index (χ2v) is 3.38. The average molecular weight is 233 g/mol. The Balaban J connectivity index is 2.65. The number of benzene rings is 1. The first-order valence-corrected chi connectivity index (χ1v) is 5.24. The SMILES string of the molecule is CNC(=O)CCNc1ccc(C#N)cc1OC. The van der Waals surface area contributed by atoms with Crippen molar-refractivity contribution in [3.8, 4) is 11.8 Å². The Bertz CT molecular complexity index is 438. The van der Waals surface area contributed by atoms with Crippen LogP contribution in [0.3, 0.4) is 0 Å². The monoisotopic (exact) mass is 233 g/mol. The van der Waals surface area contributed by atoms with Gasteiger partial charge in [0.1, 0.15) is 5.75 Å². The zero-order chi connectivity index (χ0) is 12.7. The zero-order valence-electron chi connectivity index (χ0n) is 9.91. The molecule has 0 aromatic heterocycles. The van der Waals surface area contributed by atoms with Crippen molar-refractivity contribution < 1.29 is 9.53 Å². The minimum atomic E-state index is -0.0230. The first kappa shape index (κ1) is 12.8. The van der Waals surface area contributed by atoms with Gasteiger partial charge in [0.25, 0.3) is 0 Å². The van der Waals surface area contributed by atoms with E-state index in [1.54, 1.807) is 32.4 Å². The number of rotatable bonds is 5. The number of hydrogen-bond acceptors (Lipinski definition) is 4. The summed E-state index contributed by atoms with van der Waals surface area (Å²) in [5, 5.41) is 14.4. The van der Waals surface area contributed by atoms with Crippen LogP contribution >= 0.6 is 0 Å². The van der Waals surface area contributed by atoms with Gasteiger partial charge in [0, 0.05) is 26.1 Å². The second kappa shape index (κ2) is 6.38. The number of hydrogen-bond donors (Lipinski definition) is 2. The lowest BCUT2D eigenvalue weighted by Crippen LogP contribution is -2.20. The molecule has 0 heterocycles. The molecule has 0 aliphatic heterocycles. The fourth-order valence-electron chi connectivity index (χ4n) is 1.34. The lowest BCUT2D eigenvalue weighted by molar-refractivity contribution is -0.120. The molecule has 0 aliphatic carbocycles. The Morgan fingerprint density at radius 2 is 2.29 bits per heavy atom. The molecule has 0 bridgehead atoms. The molecular weight excluding hydrogens is 218 g/mol. The summed E-state index contributed by atoms with van der Waals surface area (Å²) in [5.74, 6) is 0.575. The first-order chi connectivity index (χ1) is 8.21. The average Bonchev–Trinajstić information content (AvgIpc) is 2.38. The summed E-state index contributed by atoms with van der Waals surface area (Å²) < 4.78 is 5.16. The summed E-state index contributed by atoms with van der Waals surface area (Å²) in [5.41, 5.74) is 1.31. The van der Waals surface area contributed by atoms with E-state index in [9.17, 15) is 4.79 Å². The van der Waals surface area contributed by atoms with Crippen molar-refractivity contribution in [3.63, 3.8) is 0 Å². The van der Waals surface area contributed by atoms with Crippen LogP contribution in [-0.2, 0) is 4.79 Å². The summed E-state index contributed by atoms with van der Waals surface area (Å²) in [4.78, 5) is 11.0. The molecule has 1 amide bonds. The fraction of sp³-hybridized carbons (Fsp3) is 0.333. The topological polar surface area (TPSA) is 74.2 Å². The van der Waals surface area contributed by atoms with Gasteiger partial charge in [-0.2, -0.15) is 5.26 Å². The minimum Gasteiger partial charge on any atom is -0.495 e. The maximum atomic E-state index is 11.0. The van der Waals surface area contributed by atoms with Gasteiger partial charge in [0.2, 0.25) is 5.91 Å². The molecule has 1 aromatic rings. The molecule has 90 valence electrons. The van der Waals surface area contributed by atoms with Gasteiger partial charge in [-0.3, -0.25) is 4.79 Å². The summed E-state index contributed by atoms with van der Waals surface area (Å²) in [6.45, 7) is 0.516. The predicted octanol–water partition coefficient (Wildman–Crippen LogP) is 1.11. The number of nitrogens with zero attached hydrogens (tertiary/aromatic N) is 1. The third-order valence-corrected chi connectivity index (χ3v) is 2.28. The van der Waals surface area contributed by atoms with Crippen LogP contribution in [0.25, 0.3) is 0 Å². The third-order valence-electron chi connectivity index (χ3n) is 2.28. The van der Waals surface area contributed by atoms with Crippen molar-refractivity contribution in [2.45, 2.75) is 6.42 Å². The number of carbonyl (C=O) groups is 1. The van der Waals surface area contributed by atoms with Crippen molar-refractivity contribution >= 4 is 11.6 Å². The highest BCUT2D eigenvalue weighted by molar-refractivity contribution is 5.76. The number of carbonyl (C=O) groups excluding carboxylic acids is 1. The molecule has 0 fully saturated rings. The van der Waals surface area contributed by atoms with Crippen molar-refractivity contribution in [2.24, 2.45) is 0 Å². The number of nitriles is 1. The highest BCUT2D eigenvalue weighted by atomic mass is 16.5. The molecule has 1 rings (SSSR count). The van der Waals surface area contributed by atoms with E-state index in [2.05, 4.69) is 10.6 Å². The first-order valence-electron chi connectivity index (χ1n) is 5.24. The quantitative estimate of drug-likeness (QED) is 0.799. The Kier molecular flexibility index (Phi) is 4.82. The molecule has 5 heteroatoms. The molecule has 5 nitrogen and oxygen atoms in total. The smallest absolute Gasteiger partial charge is 0.221 e. The van der Waals surface area contributed by atoms with Crippen molar-refractivity contribution in [1.29, 1.82) is 5.26 Å². The normalized spacial score (nSPS) is 9.24. The van der Waals surface area contributed by atoms with Crippen LogP contribution in [0, 0.1) is 11.3 Å². The molecule has 0 saturated heterocycles. The third kappa shape index (κ3) is 3.68. The van der Waals surface area contributed by atoms with E-state index in [-0.39, 0.29) is 5.91 Å². The highest BCUT2D eigenvalue weighted by Crippen LogP contribution is 2.25. The maximum absolute atomic E-state index is 11.0. The lowest BCUT2D eigenvalue weighted by atomic mass is 10.2. The molecule has 0 unspecified atom stereocenters. The molecule has 1 aromatic carbocycles. The molecule has 0 spiro atoms. The van der Waals surface area contributed by atoms with Gasteiger partial charge in [-0.15, -0.1) is 0 Å². The summed E-state index contributed by atoms with van der Waals surface area (Å²) in [6, 6.07) is 7.16. The van der Waals surface area contributed by atoms with Crippen LogP contribution in [0.5, 0.6) is 5.75 Å². The number of amides is 1. The number of anilines is 1. The molecule has 0 radical (unpaired) electrons. The van der Waals surface area contributed by atoms with E-state index in [1.165, 1.54) is 0 Å². The maximum Gasteiger partial charge on any atom is 0.221 e. The van der Waals surface area contributed by atoms with Crippen molar-refractivity contribution in [1.82, 2.24) is 5.32 Å². The molecule has 0 aliphatic rings. The number of nitrogens with one attached hydrogen (secondary N) is 2. The van der Waals surface area contributed by atoms with Gasteiger partial charge in [0.05, 0.1) is 24.4 Å². The zero-order valence-corrected chi connectivity index (χ0v) is 9.91. The summed E-state index contributed by atoms with van der Waals surface area (Å²) >= 11 is 0. The van der Waals surface area contributed by atoms with E-state index in [4.69, 9.17) is 10.00 Å². The second-order valence-electron chi connectivity index (χ2n) is 3.38. The Hall–Kier alpha value is -2.22. The van der Waals surface area contributed by atoms with Crippen LogP contribution in [-0.4, -0.2) is 26.6 Å². The van der Waals surface area contributed by atoms with Gasteiger partial charge in [-0.1, -0.05) is 0 Å². The summed E-state index contributed by atoms with van der Waals surface area (Å²) in [6.07, 6.45) is 0.389. The largest absolute Gasteiger partial charge is 0.495 e. The van der Waals surface area contributed by atoms with E-state index in [0.717, 1.165) is 5.69 Å². The lowest BCUT2D eigenvalue weighted by Gasteiger charge is -2.10. The Labute approximate surface area is 100 Å². The highest BCUT2D eigenvalue weighted by Gasteiger charge is 2.04. The number of methoxy groups -OCH3 is 1. The molecule has 2 N–H and O–H groups in total. The van der Waals surface area contributed by atoms with Crippen LogP contribution in [0.1, 0.15) is 12.0 Å². The number of ether oxygens (including phenoxy) is 1. The van der Waals surface area contributed by atoms with Gasteiger partial charge < -0.3 is 15.4 Å². The summed E-state index contributed by atoms with van der Waals surface area (Å²) in [7, 11) is 3.14. The molecule has 17 heavy (non-hydrogen) atoms. The van der Waals surface area contributed by atoms with Gasteiger partial charge >= 0.3 is 0 Å². The van der Waals surface area contributed by atoms with Crippen molar-refractivity contribution in [2.75, 3.05) is 26.0 Å². The van der Waals surface area contributed by atoms with Crippen LogP contribution in [0.2, 0.25) is 0 Å². The van der Waals surface area contributed by atoms with Gasteiger partial charge in [-0.25, -0.2) is 0 Å². The molecule has 0 saturated carbocycles. The van der Waals surface area contributed by atoms with Gasteiger partial charge in [-0.05, 0) is 12.1 Å². The van der Waals surface area contributed by atoms with Crippen molar-refractivity contribution in [3.05, 3.63) is 23.8 Å². The predicted molar refractivity (Wildman–Crippen MR) is 64.9 cm³/mol. The van der Waals surface area contributed by atoms with Gasteiger partial charge in [0.15, 0.2) is 0 Å². The Morgan fingerprint density at radius 1 is 1.53 bits per heavy atom. The fourth-order valence-corrected chi connectivity index (χ4v) is 1.34. The van der Waals surface area contributed by atoms with E-state index in [1.807, 2.05) is 6.07 Å². The Morgan fingerprint density at radius 3 is 2.88 bits per heavy atom. The van der Waals surface area contributed by atoms with Crippen LogP contribution in [0.15, 0.2) is 18.2 Å². The van der Waals surface area contributed by atoms with Crippen LogP contribution < -0.4 is 15.4 Å². The van der Waals surface area contributed by atoms with E-state index < -0.39 is 0 Å². The molecule has 0 atom stereocenters.